The Hall–Kier alpha value is -2.56. The first-order valence-corrected chi connectivity index (χ1v) is 12.7. The van der Waals surface area contributed by atoms with Crippen LogP contribution in [0.4, 0.5) is 0 Å². The number of benzene rings is 2. The van der Waals surface area contributed by atoms with E-state index < -0.39 is 5.92 Å². The minimum Gasteiger partial charge on any atom is -0.457 e. The second-order valence-corrected chi connectivity index (χ2v) is 12.4. The van der Waals surface area contributed by atoms with E-state index in [0.717, 1.165) is 40.9 Å². The first-order valence-electron chi connectivity index (χ1n) is 11.9. The minimum atomic E-state index is -0.403. The number of carbonyl (C=O) groups is 2. The Bertz CT molecular complexity index is 1250. The van der Waals surface area contributed by atoms with Gasteiger partial charge in [0, 0.05) is 51.3 Å². The Kier molecular flexibility index (Phi) is 5.89. The van der Waals surface area contributed by atoms with Crippen molar-refractivity contribution in [1.29, 1.82) is 0 Å². The van der Waals surface area contributed by atoms with Gasteiger partial charge in [0.2, 0.25) is 0 Å². The molecular weight excluding hydrogens is 481 g/mol. The number of nitrogens with one attached hydrogen (secondary N) is 1. The lowest BCUT2D eigenvalue weighted by atomic mass is 9.64. The molecule has 6 heteroatoms. The molecule has 2 aromatic rings. The zero-order valence-corrected chi connectivity index (χ0v) is 21.9. The zero-order valence-electron chi connectivity index (χ0n) is 20.4. The second kappa shape index (κ2) is 8.53. The van der Waals surface area contributed by atoms with Crippen molar-refractivity contribution in [2.24, 2.45) is 10.8 Å². The van der Waals surface area contributed by atoms with Crippen LogP contribution in [-0.2, 0) is 9.59 Å². The summed E-state index contributed by atoms with van der Waals surface area (Å²) in [6.45, 7) is 8.48. The molecule has 4 nitrogen and oxygen atoms in total. The molecule has 2 aromatic carbocycles. The van der Waals surface area contributed by atoms with Crippen LogP contribution in [0.2, 0.25) is 10.0 Å². The Morgan fingerprint density at radius 2 is 1.31 bits per heavy atom. The van der Waals surface area contributed by atoms with Gasteiger partial charge in [0.05, 0.1) is 0 Å². The minimum absolute atomic E-state index is 0.103. The van der Waals surface area contributed by atoms with Crippen molar-refractivity contribution in [2.45, 2.75) is 59.3 Å². The molecule has 1 heterocycles. The fraction of sp³-hybridized carbons (Fsp3) is 0.379. The Morgan fingerprint density at radius 3 is 1.86 bits per heavy atom. The molecule has 5 rings (SSSR count). The van der Waals surface area contributed by atoms with Crippen LogP contribution >= 0.6 is 23.2 Å². The normalized spacial score (nSPS) is 21.4. The molecular formula is C29H29Cl2NO3. The smallest absolute Gasteiger partial charge is 0.162 e. The van der Waals surface area contributed by atoms with Gasteiger partial charge < -0.3 is 10.1 Å². The standard InChI is InChI=1S/C29H29Cl2NO3/c1-28(2)12-21-26(23(33)14-28)25(27-22(32-21)13-29(3,4)15-24(27)34)16-6-5-7-19(8-16)35-20-10-17(30)9-18(31)11-20/h5-11,25,32H,12-15H2,1-4H3. The predicted octanol–water partition coefficient (Wildman–Crippen LogP) is 7.76. The lowest BCUT2D eigenvalue weighted by Crippen LogP contribution is -2.42. The summed E-state index contributed by atoms with van der Waals surface area (Å²) in [6.07, 6.45) is 2.47. The number of allylic oxidation sites excluding steroid dienone is 4. The molecule has 0 unspecified atom stereocenters. The molecule has 35 heavy (non-hydrogen) atoms. The summed E-state index contributed by atoms with van der Waals surface area (Å²) in [6, 6.07) is 12.7. The number of Topliss-reactive ketones (excluding diaryl/α,β-unsaturated/α-hetero) is 2. The first kappa shape index (κ1) is 24.1. The van der Waals surface area contributed by atoms with Gasteiger partial charge in [-0.1, -0.05) is 63.0 Å². The molecule has 0 saturated carbocycles. The summed E-state index contributed by atoms with van der Waals surface area (Å²) < 4.78 is 6.08. The highest BCUT2D eigenvalue weighted by atomic mass is 35.5. The molecule has 0 bridgehead atoms. The Balaban J connectivity index is 1.61. The molecule has 0 saturated heterocycles. The lowest BCUT2D eigenvalue weighted by molar-refractivity contribution is -0.119. The predicted molar refractivity (Wildman–Crippen MR) is 139 cm³/mol. The van der Waals surface area contributed by atoms with Crippen molar-refractivity contribution in [3.63, 3.8) is 0 Å². The maximum Gasteiger partial charge on any atom is 0.162 e. The summed E-state index contributed by atoms with van der Waals surface area (Å²) in [5.74, 6) is 0.920. The van der Waals surface area contributed by atoms with E-state index in [0.29, 0.717) is 34.4 Å². The number of rotatable bonds is 3. The SMILES string of the molecule is CC1(C)CC(=O)C2=C(C1)NC1=C(C(=O)CC(C)(C)C1)C2c1cccc(Oc2cc(Cl)cc(Cl)c2)c1. The first-order chi connectivity index (χ1) is 16.4. The fourth-order valence-corrected chi connectivity index (χ4v) is 6.21. The molecule has 3 aliphatic rings. The maximum absolute atomic E-state index is 13.5. The maximum atomic E-state index is 13.5. The van der Waals surface area contributed by atoms with E-state index >= 15 is 0 Å². The van der Waals surface area contributed by atoms with Crippen LogP contribution in [0.25, 0.3) is 0 Å². The van der Waals surface area contributed by atoms with E-state index in [1.54, 1.807) is 18.2 Å². The molecule has 0 atom stereocenters. The summed E-state index contributed by atoms with van der Waals surface area (Å²) in [7, 11) is 0. The molecule has 0 fully saturated rings. The van der Waals surface area contributed by atoms with Crippen molar-refractivity contribution >= 4 is 34.8 Å². The summed E-state index contributed by atoms with van der Waals surface area (Å²) in [5.41, 5.74) is 3.96. The van der Waals surface area contributed by atoms with Crippen LogP contribution < -0.4 is 10.1 Å². The lowest BCUT2D eigenvalue weighted by Gasteiger charge is -2.44. The van der Waals surface area contributed by atoms with Gasteiger partial charge in [-0.25, -0.2) is 0 Å². The van der Waals surface area contributed by atoms with E-state index in [9.17, 15) is 9.59 Å². The van der Waals surface area contributed by atoms with Gasteiger partial charge in [-0.2, -0.15) is 0 Å². The average molecular weight is 510 g/mol. The average Bonchev–Trinajstić information content (AvgIpc) is 2.69. The Morgan fingerprint density at radius 1 is 0.771 bits per heavy atom. The number of carbonyl (C=O) groups excluding carboxylic acids is 2. The third kappa shape index (κ3) is 4.79. The van der Waals surface area contributed by atoms with Crippen LogP contribution in [0.5, 0.6) is 11.5 Å². The second-order valence-electron chi connectivity index (χ2n) is 11.5. The van der Waals surface area contributed by atoms with E-state index in [2.05, 4.69) is 33.0 Å². The summed E-state index contributed by atoms with van der Waals surface area (Å²) >= 11 is 12.3. The van der Waals surface area contributed by atoms with Crippen molar-refractivity contribution in [3.05, 3.63) is 80.6 Å². The van der Waals surface area contributed by atoms with Crippen LogP contribution in [0.15, 0.2) is 65.0 Å². The molecule has 182 valence electrons. The number of hydrogen-bond acceptors (Lipinski definition) is 4. The third-order valence-corrected chi connectivity index (χ3v) is 7.42. The quantitative estimate of drug-likeness (QED) is 0.459. The van der Waals surface area contributed by atoms with Crippen molar-refractivity contribution in [1.82, 2.24) is 5.32 Å². The van der Waals surface area contributed by atoms with Gasteiger partial charge in [0.25, 0.3) is 0 Å². The van der Waals surface area contributed by atoms with Crippen LogP contribution in [-0.4, -0.2) is 11.6 Å². The number of ether oxygens (including phenoxy) is 1. The molecule has 0 radical (unpaired) electrons. The van der Waals surface area contributed by atoms with Gasteiger partial charge in [0.1, 0.15) is 11.5 Å². The van der Waals surface area contributed by atoms with E-state index in [4.69, 9.17) is 27.9 Å². The monoisotopic (exact) mass is 509 g/mol. The number of dihydropyridines is 1. The van der Waals surface area contributed by atoms with Crippen molar-refractivity contribution in [3.8, 4) is 11.5 Å². The number of ketones is 2. The summed E-state index contributed by atoms with van der Waals surface area (Å²) in [4.78, 5) is 27.0. The largest absolute Gasteiger partial charge is 0.457 e. The van der Waals surface area contributed by atoms with E-state index in [-0.39, 0.29) is 22.4 Å². The van der Waals surface area contributed by atoms with Gasteiger partial charge >= 0.3 is 0 Å². The summed E-state index contributed by atoms with van der Waals surface area (Å²) in [5, 5.41) is 4.52. The third-order valence-electron chi connectivity index (χ3n) is 6.98. The van der Waals surface area contributed by atoms with Crippen molar-refractivity contribution < 1.29 is 14.3 Å². The van der Waals surface area contributed by atoms with Crippen molar-refractivity contribution in [2.75, 3.05) is 0 Å². The van der Waals surface area contributed by atoms with Gasteiger partial charge in [-0.15, -0.1) is 0 Å². The van der Waals surface area contributed by atoms with Crippen LogP contribution in [0.3, 0.4) is 0 Å². The van der Waals surface area contributed by atoms with Gasteiger partial charge in [0.15, 0.2) is 11.6 Å². The van der Waals surface area contributed by atoms with E-state index in [1.165, 1.54) is 0 Å². The van der Waals surface area contributed by atoms with Crippen LogP contribution in [0, 0.1) is 10.8 Å². The highest BCUT2D eigenvalue weighted by molar-refractivity contribution is 6.34. The number of halogens is 2. The fourth-order valence-electron chi connectivity index (χ4n) is 5.70. The highest BCUT2D eigenvalue weighted by Gasteiger charge is 2.46. The van der Waals surface area contributed by atoms with Crippen LogP contribution in [0.1, 0.15) is 64.9 Å². The number of hydrogen-bond donors (Lipinski definition) is 1. The highest BCUT2D eigenvalue weighted by Crippen LogP contribution is 2.51. The topological polar surface area (TPSA) is 55.4 Å². The Labute approximate surface area is 216 Å². The molecule has 1 aliphatic heterocycles. The molecule has 2 aliphatic carbocycles. The zero-order chi connectivity index (χ0) is 25.1. The van der Waals surface area contributed by atoms with Gasteiger partial charge in [-0.3, -0.25) is 9.59 Å². The van der Waals surface area contributed by atoms with E-state index in [1.807, 2.05) is 24.3 Å². The molecule has 1 N–H and O–H groups in total. The van der Waals surface area contributed by atoms with Gasteiger partial charge in [-0.05, 0) is 59.6 Å². The molecule has 0 spiro atoms. The molecule has 0 amide bonds. The molecule has 0 aromatic heterocycles.